The van der Waals surface area contributed by atoms with Gasteiger partial charge in [0.25, 0.3) is 5.91 Å². The second kappa shape index (κ2) is 8.59. The van der Waals surface area contributed by atoms with Crippen LogP contribution in [0, 0.1) is 5.92 Å². The predicted octanol–water partition coefficient (Wildman–Crippen LogP) is 2.57. The van der Waals surface area contributed by atoms with Gasteiger partial charge in [-0.15, -0.1) is 0 Å². The van der Waals surface area contributed by atoms with Crippen LogP contribution < -0.4 is 4.90 Å². The van der Waals surface area contributed by atoms with Gasteiger partial charge in [-0.05, 0) is 37.8 Å². The molecule has 5 rings (SSSR count). The van der Waals surface area contributed by atoms with Crippen molar-refractivity contribution < 1.29 is 23.1 Å². The summed E-state index contributed by atoms with van der Waals surface area (Å²) in [5.41, 5.74) is -2.64. The molecule has 1 amide bonds. The first-order valence-corrected chi connectivity index (χ1v) is 11.3. The summed E-state index contributed by atoms with van der Waals surface area (Å²) in [4.78, 5) is 26.6. The third-order valence-corrected chi connectivity index (χ3v) is 6.89. The molecule has 2 aliphatic rings. The Hall–Kier alpha value is -3.54. The predicted molar refractivity (Wildman–Crippen MR) is 119 cm³/mol. The van der Waals surface area contributed by atoms with Crippen LogP contribution in [0.2, 0.25) is 0 Å². The monoisotopic (exact) mass is 487 g/mol. The lowest BCUT2D eigenvalue weighted by atomic mass is 9.91. The second-order valence-corrected chi connectivity index (χ2v) is 9.02. The van der Waals surface area contributed by atoms with Gasteiger partial charge in [0, 0.05) is 19.6 Å². The van der Waals surface area contributed by atoms with Crippen molar-refractivity contribution >= 4 is 11.7 Å². The van der Waals surface area contributed by atoms with Crippen LogP contribution in [-0.4, -0.2) is 72.7 Å². The molecule has 184 valence electrons. The maximum Gasteiger partial charge on any atom is 0.422 e. The lowest BCUT2D eigenvalue weighted by Crippen LogP contribution is -2.50. The molecule has 2 fully saturated rings. The lowest BCUT2D eigenvalue weighted by molar-refractivity contribution is -0.260. The number of benzene rings is 1. The number of hydrogen-bond acceptors (Lipinski definition) is 7. The minimum absolute atomic E-state index is 0.122. The van der Waals surface area contributed by atoms with Crippen LogP contribution in [-0.2, 0) is 5.60 Å². The number of amides is 1. The first kappa shape index (κ1) is 23.2. The summed E-state index contributed by atoms with van der Waals surface area (Å²) in [6.07, 6.45) is 2.12. The van der Waals surface area contributed by atoms with E-state index in [0.29, 0.717) is 37.8 Å². The van der Waals surface area contributed by atoms with Crippen molar-refractivity contribution in [3.8, 4) is 5.69 Å². The fourth-order valence-corrected chi connectivity index (χ4v) is 4.82. The van der Waals surface area contributed by atoms with Gasteiger partial charge in [-0.2, -0.15) is 28.2 Å². The molecule has 2 saturated heterocycles. The third-order valence-electron chi connectivity index (χ3n) is 6.89. The Bertz CT molecular complexity index is 1220. The summed E-state index contributed by atoms with van der Waals surface area (Å²) in [6, 6.07) is 6.97. The first-order valence-electron chi connectivity index (χ1n) is 11.3. The minimum Gasteiger partial charge on any atom is -0.375 e. The van der Waals surface area contributed by atoms with Crippen LogP contribution in [0.3, 0.4) is 0 Å². The Balaban J connectivity index is 1.39. The van der Waals surface area contributed by atoms with E-state index in [2.05, 4.69) is 20.2 Å². The van der Waals surface area contributed by atoms with E-state index in [4.69, 9.17) is 0 Å². The average Bonchev–Trinajstić information content (AvgIpc) is 3.53. The van der Waals surface area contributed by atoms with Crippen molar-refractivity contribution in [3.63, 3.8) is 0 Å². The number of aliphatic hydroxyl groups is 1. The van der Waals surface area contributed by atoms with Crippen LogP contribution >= 0.6 is 0 Å². The van der Waals surface area contributed by atoms with E-state index in [1.54, 1.807) is 23.1 Å². The molecule has 0 saturated carbocycles. The zero-order valence-corrected chi connectivity index (χ0v) is 18.9. The van der Waals surface area contributed by atoms with E-state index in [-0.39, 0.29) is 23.7 Å². The number of likely N-dealkylation sites (tertiary alicyclic amines) is 1. The van der Waals surface area contributed by atoms with Crippen molar-refractivity contribution in [1.29, 1.82) is 0 Å². The highest BCUT2D eigenvalue weighted by molar-refractivity contribution is 5.97. The number of hydrogen-bond donors (Lipinski definition) is 1. The van der Waals surface area contributed by atoms with Gasteiger partial charge in [0.2, 0.25) is 5.60 Å². The fourth-order valence-electron chi connectivity index (χ4n) is 4.82. The zero-order valence-electron chi connectivity index (χ0n) is 18.9. The van der Waals surface area contributed by atoms with E-state index in [9.17, 15) is 23.1 Å². The van der Waals surface area contributed by atoms with Gasteiger partial charge < -0.3 is 14.9 Å². The highest BCUT2D eigenvalue weighted by Gasteiger charge is 2.53. The second-order valence-electron chi connectivity index (χ2n) is 9.02. The number of nitrogens with zero attached hydrogens (tertiary/aromatic N) is 7. The van der Waals surface area contributed by atoms with Gasteiger partial charge in [0.15, 0.2) is 0 Å². The zero-order chi connectivity index (χ0) is 24.8. The molecule has 0 radical (unpaired) electrons. The van der Waals surface area contributed by atoms with Crippen LogP contribution in [0.5, 0.6) is 0 Å². The Morgan fingerprint density at radius 3 is 2.54 bits per heavy atom. The number of carbonyl (C=O) groups is 1. The maximum absolute atomic E-state index is 13.5. The summed E-state index contributed by atoms with van der Waals surface area (Å²) >= 11 is 0. The smallest absolute Gasteiger partial charge is 0.375 e. The van der Waals surface area contributed by atoms with Gasteiger partial charge in [-0.25, -0.2) is 4.98 Å². The van der Waals surface area contributed by atoms with Gasteiger partial charge in [-0.1, -0.05) is 12.1 Å². The normalized spacial score (nSPS) is 22.1. The molecule has 35 heavy (non-hydrogen) atoms. The van der Waals surface area contributed by atoms with Crippen molar-refractivity contribution in [2.24, 2.45) is 5.92 Å². The van der Waals surface area contributed by atoms with Gasteiger partial charge in [-0.3, -0.25) is 9.78 Å². The Morgan fingerprint density at radius 2 is 1.80 bits per heavy atom. The van der Waals surface area contributed by atoms with E-state index in [1.165, 1.54) is 23.4 Å². The van der Waals surface area contributed by atoms with Crippen molar-refractivity contribution in [1.82, 2.24) is 29.9 Å². The quantitative estimate of drug-likeness (QED) is 0.604. The van der Waals surface area contributed by atoms with E-state index in [0.717, 1.165) is 19.0 Å². The third kappa shape index (κ3) is 4.11. The molecule has 3 aromatic rings. The topological polar surface area (TPSA) is 100 Å². The van der Waals surface area contributed by atoms with Gasteiger partial charge >= 0.3 is 6.18 Å². The molecule has 3 atom stereocenters. The molecule has 2 aromatic heterocycles. The highest BCUT2D eigenvalue weighted by Crippen LogP contribution is 2.39. The Kier molecular flexibility index (Phi) is 5.70. The number of anilines is 1. The molecular formula is C23H24F3N7O2. The summed E-state index contributed by atoms with van der Waals surface area (Å²) in [7, 11) is 0. The summed E-state index contributed by atoms with van der Waals surface area (Å²) in [5.74, 6) is 0.369. The molecule has 2 aliphatic heterocycles. The Morgan fingerprint density at radius 1 is 1.09 bits per heavy atom. The molecule has 9 nitrogen and oxygen atoms in total. The molecule has 0 aliphatic carbocycles. The average molecular weight is 487 g/mol. The SMILES string of the molecule is CC(O)(c1cncc(N2CC[C@@H]3CCN(C(=O)c4ccccc4-n4nccn4)C[C@@H]32)n1)C(F)(F)F. The van der Waals surface area contributed by atoms with Crippen LogP contribution in [0.4, 0.5) is 19.0 Å². The number of halogens is 3. The first-order chi connectivity index (χ1) is 16.7. The molecule has 0 bridgehead atoms. The minimum atomic E-state index is -4.89. The number of aromatic nitrogens is 5. The van der Waals surface area contributed by atoms with E-state index in [1.807, 2.05) is 11.0 Å². The maximum atomic E-state index is 13.5. The standard InChI is InChI=1S/C23H24F3N7O2/c1-22(35,23(24,25)26)19-12-27-13-20(30-19)32-11-7-15-6-10-31(14-18(15)32)21(34)16-4-2-3-5-17(16)33-28-8-9-29-33/h2-5,8-9,12-13,15,18,35H,6-7,10-11,14H2,1H3/t15-,18-,22?/m0/s1. The lowest BCUT2D eigenvalue weighted by Gasteiger charge is -2.39. The number of rotatable bonds is 4. The number of piperidine rings is 1. The Labute approximate surface area is 199 Å². The largest absolute Gasteiger partial charge is 0.422 e. The van der Waals surface area contributed by atoms with Crippen molar-refractivity contribution in [2.75, 3.05) is 24.5 Å². The van der Waals surface area contributed by atoms with Crippen LogP contribution in [0.25, 0.3) is 5.69 Å². The molecule has 4 heterocycles. The summed E-state index contributed by atoms with van der Waals surface area (Å²) < 4.78 is 40.0. The number of para-hydroxylation sites is 1. The van der Waals surface area contributed by atoms with Gasteiger partial charge in [0.05, 0.1) is 42.1 Å². The number of fused-ring (bicyclic) bond motifs is 1. The summed E-state index contributed by atoms with van der Waals surface area (Å²) in [6.45, 7) is 2.22. The van der Waals surface area contributed by atoms with Crippen molar-refractivity contribution in [2.45, 2.75) is 37.6 Å². The molecular weight excluding hydrogens is 463 g/mol. The van der Waals surface area contributed by atoms with E-state index < -0.39 is 17.5 Å². The highest BCUT2D eigenvalue weighted by atomic mass is 19.4. The molecule has 1 unspecified atom stereocenters. The van der Waals surface area contributed by atoms with Crippen LogP contribution in [0.1, 0.15) is 35.8 Å². The summed E-state index contributed by atoms with van der Waals surface area (Å²) in [5, 5.41) is 18.3. The number of carbonyl (C=O) groups excluding carboxylic acids is 1. The van der Waals surface area contributed by atoms with Gasteiger partial charge in [0.1, 0.15) is 11.5 Å². The number of alkyl halides is 3. The molecule has 1 N–H and O–H groups in total. The van der Waals surface area contributed by atoms with E-state index >= 15 is 0 Å². The van der Waals surface area contributed by atoms with Crippen molar-refractivity contribution in [3.05, 3.63) is 60.3 Å². The molecule has 12 heteroatoms. The molecule has 0 spiro atoms. The fraction of sp³-hybridized carbons (Fsp3) is 0.435. The van der Waals surface area contributed by atoms with Crippen LogP contribution in [0.15, 0.2) is 49.1 Å². The molecule has 1 aromatic carbocycles.